The van der Waals surface area contributed by atoms with Crippen LogP contribution in [0.25, 0.3) is 0 Å². The van der Waals surface area contributed by atoms with E-state index < -0.39 is 0 Å². The fourth-order valence-electron chi connectivity index (χ4n) is 2.95. The number of nitrogens with zero attached hydrogens (tertiary/aromatic N) is 1. The number of fused-ring (bicyclic) bond motifs is 2. The molecule has 0 radical (unpaired) electrons. The second-order valence-corrected chi connectivity index (χ2v) is 4.72. The normalized spacial score (nSPS) is 33.7. The maximum atomic E-state index is 9.84. The first-order valence-corrected chi connectivity index (χ1v) is 5.54. The van der Waals surface area contributed by atoms with Gasteiger partial charge in [0.1, 0.15) is 0 Å². The van der Waals surface area contributed by atoms with E-state index in [9.17, 15) is 5.11 Å². The highest BCUT2D eigenvalue weighted by atomic mass is 16.3. The number of hydrogen-bond acceptors (Lipinski definition) is 3. The van der Waals surface area contributed by atoms with Crippen molar-refractivity contribution in [3.05, 3.63) is 24.3 Å². The third kappa shape index (κ3) is 1.38. The van der Waals surface area contributed by atoms with Gasteiger partial charge in [-0.2, -0.15) is 0 Å². The van der Waals surface area contributed by atoms with Gasteiger partial charge in [0, 0.05) is 17.9 Å². The van der Waals surface area contributed by atoms with Gasteiger partial charge in [0.15, 0.2) is 0 Å². The van der Waals surface area contributed by atoms with Crippen molar-refractivity contribution < 1.29 is 5.11 Å². The second-order valence-electron chi connectivity index (χ2n) is 4.72. The summed E-state index contributed by atoms with van der Waals surface area (Å²) >= 11 is 0. The molecule has 1 aromatic rings. The minimum atomic E-state index is -0.138. The largest absolute Gasteiger partial charge is 0.399 e. The lowest BCUT2D eigenvalue weighted by molar-refractivity contribution is 0.146. The third-order valence-electron chi connectivity index (χ3n) is 3.67. The number of benzene rings is 1. The summed E-state index contributed by atoms with van der Waals surface area (Å²) in [4.78, 5) is 2.32. The zero-order valence-corrected chi connectivity index (χ0v) is 8.63. The molecule has 1 saturated carbocycles. The first-order valence-electron chi connectivity index (χ1n) is 5.54. The Labute approximate surface area is 89.5 Å². The Bertz CT molecular complexity index is 362. The maximum absolute atomic E-state index is 9.84. The molecule has 1 saturated heterocycles. The SMILES string of the molecule is Nc1ccc(N2C[C@@H]3CC(O)[C@H]2C3)cc1. The molecule has 3 N–H and O–H groups in total. The Hall–Kier alpha value is -1.22. The van der Waals surface area contributed by atoms with Crippen molar-refractivity contribution in [2.45, 2.75) is 25.0 Å². The lowest BCUT2D eigenvalue weighted by Crippen LogP contribution is -2.41. The van der Waals surface area contributed by atoms with Crippen LogP contribution in [0.4, 0.5) is 11.4 Å². The first kappa shape index (κ1) is 9.04. The Morgan fingerprint density at radius 2 is 1.93 bits per heavy atom. The molecule has 2 bridgehead atoms. The molecular weight excluding hydrogens is 188 g/mol. The average Bonchev–Trinajstić information content (AvgIpc) is 2.77. The molecule has 1 aromatic carbocycles. The monoisotopic (exact) mass is 204 g/mol. The number of aliphatic hydroxyl groups excluding tert-OH is 1. The van der Waals surface area contributed by atoms with Gasteiger partial charge in [0.2, 0.25) is 0 Å². The molecule has 2 fully saturated rings. The minimum absolute atomic E-state index is 0.138. The summed E-state index contributed by atoms with van der Waals surface area (Å²) < 4.78 is 0. The lowest BCUT2D eigenvalue weighted by Gasteiger charge is -2.32. The van der Waals surface area contributed by atoms with Crippen LogP contribution in [0, 0.1) is 5.92 Å². The van der Waals surface area contributed by atoms with Crippen molar-refractivity contribution in [2.75, 3.05) is 17.2 Å². The number of aliphatic hydroxyl groups is 1. The van der Waals surface area contributed by atoms with Gasteiger partial charge in [-0.25, -0.2) is 0 Å². The Kier molecular flexibility index (Phi) is 1.89. The summed E-state index contributed by atoms with van der Waals surface area (Å²) in [7, 11) is 0. The molecule has 1 heterocycles. The summed E-state index contributed by atoms with van der Waals surface area (Å²) in [5.74, 6) is 0.683. The molecule has 3 heteroatoms. The van der Waals surface area contributed by atoms with Crippen molar-refractivity contribution in [3.63, 3.8) is 0 Å². The maximum Gasteiger partial charge on any atom is 0.0746 e. The minimum Gasteiger partial charge on any atom is -0.399 e. The molecule has 1 unspecified atom stereocenters. The Morgan fingerprint density at radius 3 is 2.53 bits per heavy atom. The van der Waals surface area contributed by atoms with E-state index in [0.717, 1.165) is 25.1 Å². The number of nitrogen functional groups attached to an aromatic ring is 1. The van der Waals surface area contributed by atoms with E-state index >= 15 is 0 Å². The summed E-state index contributed by atoms with van der Waals surface area (Å²) in [6, 6.07) is 8.27. The molecule has 0 aromatic heterocycles. The first-order chi connectivity index (χ1) is 7.24. The Balaban J connectivity index is 1.86. The fraction of sp³-hybridized carbons (Fsp3) is 0.500. The van der Waals surface area contributed by atoms with Gasteiger partial charge >= 0.3 is 0 Å². The van der Waals surface area contributed by atoms with Crippen LogP contribution in [0.2, 0.25) is 0 Å². The predicted octanol–water partition coefficient (Wildman–Crippen LogP) is 1.23. The molecule has 2 aliphatic rings. The molecule has 3 rings (SSSR count). The van der Waals surface area contributed by atoms with Gasteiger partial charge in [0.05, 0.1) is 12.1 Å². The van der Waals surface area contributed by atoms with Crippen molar-refractivity contribution in [1.82, 2.24) is 0 Å². The molecule has 0 spiro atoms. The molecular formula is C12H16N2O. The highest BCUT2D eigenvalue weighted by Crippen LogP contribution is 2.40. The van der Waals surface area contributed by atoms with E-state index in [1.54, 1.807) is 0 Å². The van der Waals surface area contributed by atoms with E-state index in [1.807, 2.05) is 24.3 Å². The molecule has 0 amide bonds. The van der Waals surface area contributed by atoms with Gasteiger partial charge < -0.3 is 15.7 Å². The number of anilines is 2. The third-order valence-corrected chi connectivity index (χ3v) is 3.67. The van der Waals surface area contributed by atoms with Crippen molar-refractivity contribution >= 4 is 11.4 Å². The highest BCUT2D eigenvalue weighted by Gasteiger charge is 2.44. The number of nitrogens with two attached hydrogens (primary N) is 1. The summed E-state index contributed by atoms with van der Waals surface area (Å²) in [5, 5.41) is 9.84. The van der Waals surface area contributed by atoms with Crippen LogP contribution in [-0.2, 0) is 0 Å². The van der Waals surface area contributed by atoms with Crippen LogP contribution in [-0.4, -0.2) is 23.8 Å². The van der Waals surface area contributed by atoms with Crippen molar-refractivity contribution in [2.24, 2.45) is 5.92 Å². The number of piperidine rings is 1. The van der Waals surface area contributed by atoms with Crippen molar-refractivity contribution in [3.8, 4) is 0 Å². The summed E-state index contributed by atoms with van der Waals surface area (Å²) in [6.07, 6.45) is 1.99. The zero-order valence-electron chi connectivity index (χ0n) is 8.63. The van der Waals surface area contributed by atoms with E-state index in [1.165, 1.54) is 5.69 Å². The summed E-state index contributed by atoms with van der Waals surface area (Å²) in [5.41, 5.74) is 7.65. The van der Waals surface area contributed by atoms with Gasteiger partial charge in [-0.3, -0.25) is 0 Å². The lowest BCUT2D eigenvalue weighted by atomic mass is 10.1. The predicted molar refractivity (Wildman–Crippen MR) is 60.7 cm³/mol. The molecule has 1 aliphatic heterocycles. The van der Waals surface area contributed by atoms with Crippen LogP contribution in [0.5, 0.6) is 0 Å². The van der Waals surface area contributed by atoms with E-state index in [-0.39, 0.29) is 6.10 Å². The van der Waals surface area contributed by atoms with E-state index in [4.69, 9.17) is 5.73 Å². The van der Waals surface area contributed by atoms with Gasteiger partial charge in [-0.1, -0.05) is 0 Å². The van der Waals surface area contributed by atoms with Crippen LogP contribution in [0.3, 0.4) is 0 Å². The molecule has 80 valence electrons. The van der Waals surface area contributed by atoms with E-state index in [2.05, 4.69) is 4.90 Å². The zero-order chi connectivity index (χ0) is 10.4. The fourth-order valence-corrected chi connectivity index (χ4v) is 2.95. The summed E-state index contributed by atoms with van der Waals surface area (Å²) in [6.45, 7) is 1.09. The van der Waals surface area contributed by atoms with Crippen LogP contribution < -0.4 is 10.6 Å². The Morgan fingerprint density at radius 1 is 1.20 bits per heavy atom. The van der Waals surface area contributed by atoms with Gasteiger partial charge in [-0.05, 0) is 43.0 Å². The topological polar surface area (TPSA) is 49.5 Å². The standard InChI is InChI=1S/C12H16N2O/c13-9-1-3-10(4-2-9)14-7-8-5-11(14)12(15)6-8/h1-4,8,11-12,15H,5-7,13H2/t8-,11+,12?/m0/s1. The van der Waals surface area contributed by atoms with E-state index in [0.29, 0.717) is 12.0 Å². The number of hydrogen-bond donors (Lipinski definition) is 2. The second kappa shape index (κ2) is 3.14. The van der Waals surface area contributed by atoms with Gasteiger partial charge in [-0.15, -0.1) is 0 Å². The van der Waals surface area contributed by atoms with Crippen LogP contribution in [0.1, 0.15) is 12.8 Å². The van der Waals surface area contributed by atoms with Crippen LogP contribution in [0.15, 0.2) is 24.3 Å². The quantitative estimate of drug-likeness (QED) is 0.676. The molecule has 1 aliphatic carbocycles. The van der Waals surface area contributed by atoms with Crippen LogP contribution >= 0.6 is 0 Å². The molecule has 3 atom stereocenters. The smallest absolute Gasteiger partial charge is 0.0746 e. The molecule has 3 nitrogen and oxygen atoms in total. The van der Waals surface area contributed by atoms with Crippen molar-refractivity contribution in [1.29, 1.82) is 0 Å². The van der Waals surface area contributed by atoms with Gasteiger partial charge in [0.25, 0.3) is 0 Å². The number of rotatable bonds is 1. The average molecular weight is 204 g/mol. The highest BCUT2D eigenvalue weighted by molar-refractivity contribution is 5.55. The molecule has 15 heavy (non-hydrogen) atoms.